The molecular weight excluding hydrogens is 344 g/mol. The van der Waals surface area contributed by atoms with Crippen LogP contribution in [0.25, 0.3) is 0 Å². The third kappa shape index (κ3) is 4.53. The van der Waals surface area contributed by atoms with Gasteiger partial charge in [0.05, 0.1) is 5.92 Å². The molecule has 1 saturated heterocycles. The highest BCUT2D eigenvalue weighted by Gasteiger charge is 2.22. The number of hydrogen-bond acceptors (Lipinski definition) is 3. The molecule has 2 N–H and O–H groups in total. The summed E-state index contributed by atoms with van der Waals surface area (Å²) in [7, 11) is 0. The van der Waals surface area contributed by atoms with Crippen molar-refractivity contribution in [3.63, 3.8) is 0 Å². The highest BCUT2D eigenvalue weighted by Crippen LogP contribution is 2.23. The predicted molar refractivity (Wildman–Crippen MR) is 103 cm³/mol. The number of benzene rings is 2. The number of nitrogens with one attached hydrogen (secondary N) is 1. The second kappa shape index (κ2) is 8.03. The number of nitrogens with zero attached hydrogens (tertiary/aromatic N) is 1. The lowest BCUT2D eigenvalue weighted by molar-refractivity contribution is -0.141. The summed E-state index contributed by atoms with van der Waals surface area (Å²) in [5.41, 5.74) is 2.76. The first kappa shape index (κ1) is 18.6. The van der Waals surface area contributed by atoms with Crippen LogP contribution in [0.3, 0.4) is 0 Å². The monoisotopic (exact) mass is 366 g/mol. The molecule has 0 saturated carbocycles. The summed E-state index contributed by atoms with van der Waals surface area (Å²) in [6.45, 7) is 2.34. The van der Waals surface area contributed by atoms with E-state index in [9.17, 15) is 14.4 Å². The molecule has 1 unspecified atom stereocenters. The van der Waals surface area contributed by atoms with E-state index in [2.05, 4.69) is 5.32 Å². The molecule has 0 spiro atoms. The third-order valence-electron chi connectivity index (χ3n) is 4.67. The summed E-state index contributed by atoms with van der Waals surface area (Å²) in [4.78, 5) is 37.0. The number of rotatable bonds is 6. The molecule has 0 aliphatic carbocycles. The fraction of sp³-hybridized carbons (Fsp3) is 0.286. The number of carbonyl (C=O) groups is 3. The van der Waals surface area contributed by atoms with E-state index in [0.29, 0.717) is 30.6 Å². The fourth-order valence-electron chi connectivity index (χ4n) is 3.10. The van der Waals surface area contributed by atoms with Crippen molar-refractivity contribution in [1.82, 2.24) is 0 Å². The van der Waals surface area contributed by atoms with Crippen molar-refractivity contribution in [2.45, 2.75) is 26.2 Å². The fourth-order valence-corrected chi connectivity index (χ4v) is 3.10. The van der Waals surface area contributed by atoms with E-state index >= 15 is 0 Å². The van der Waals surface area contributed by atoms with E-state index in [1.54, 1.807) is 42.2 Å². The van der Waals surface area contributed by atoms with Gasteiger partial charge in [-0.3, -0.25) is 14.4 Å². The number of aliphatic carboxylic acids is 1. The van der Waals surface area contributed by atoms with Gasteiger partial charge in [0, 0.05) is 29.9 Å². The molecule has 2 amide bonds. The Bertz CT molecular complexity index is 861. The molecule has 1 fully saturated rings. The first-order valence-corrected chi connectivity index (χ1v) is 8.97. The summed E-state index contributed by atoms with van der Waals surface area (Å²) in [5, 5.41) is 11.8. The van der Waals surface area contributed by atoms with Crippen LogP contribution in [0.4, 0.5) is 11.4 Å². The van der Waals surface area contributed by atoms with Crippen LogP contribution in [-0.2, 0) is 16.0 Å². The minimum Gasteiger partial charge on any atom is -0.481 e. The van der Waals surface area contributed by atoms with Crippen LogP contribution in [0.1, 0.15) is 35.7 Å². The maximum atomic E-state index is 12.5. The second-order valence-electron chi connectivity index (χ2n) is 6.79. The quantitative estimate of drug-likeness (QED) is 0.821. The summed E-state index contributed by atoms with van der Waals surface area (Å²) >= 11 is 0. The number of amides is 2. The van der Waals surface area contributed by atoms with Gasteiger partial charge in [0.15, 0.2) is 0 Å². The first-order chi connectivity index (χ1) is 12.9. The van der Waals surface area contributed by atoms with E-state index in [4.69, 9.17) is 5.11 Å². The van der Waals surface area contributed by atoms with E-state index in [1.807, 2.05) is 18.2 Å². The van der Waals surface area contributed by atoms with Crippen LogP contribution in [0, 0.1) is 5.92 Å². The number of carbonyl (C=O) groups excluding carboxylic acids is 2. The zero-order valence-electron chi connectivity index (χ0n) is 15.1. The van der Waals surface area contributed by atoms with Crippen molar-refractivity contribution >= 4 is 29.2 Å². The Morgan fingerprint density at radius 3 is 2.56 bits per heavy atom. The molecule has 1 atom stereocenters. The summed E-state index contributed by atoms with van der Waals surface area (Å²) in [6.07, 6.45) is 1.82. The summed E-state index contributed by atoms with van der Waals surface area (Å²) in [6, 6.07) is 14.2. The molecular formula is C21H22N2O4. The topological polar surface area (TPSA) is 86.7 Å². The molecule has 1 aliphatic heterocycles. The number of carboxylic acid groups (broad SMARTS) is 1. The lowest BCUT2D eigenvalue weighted by Gasteiger charge is -2.16. The predicted octanol–water partition coefficient (Wildman–Crippen LogP) is 3.33. The van der Waals surface area contributed by atoms with Gasteiger partial charge >= 0.3 is 5.97 Å². The summed E-state index contributed by atoms with van der Waals surface area (Å²) in [5.74, 6) is -1.46. The van der Waals surface area contributed by atoms with Crippen LogP contribution in [0.2, 0.25) is 0 Å². The molecule has 0 aromatic heterocycles. The van der Waals surface area contributed by atoms with Crippen molar-refractivity contribution in [2.24, 2.45) is 5.92 Å². The normalized spacial score (nSPS) is 14.9. The largest absolute Gasteiger partial charge is 0.481 e. The molecule has 3 rings (SSSR count). The molecule has 0 bridgehead atoms. The maximum Gasteiger partial charge on any atom is 0.306 e. The smallest absolute Gasteiger partial charge is 0.306 e. The maximum absolute atomic E-state index is 12.5. The Balaban J connectivity index is 1.67. The minimum atomic E-state index is -0.830. The van der Waals surface area contributed by atoms with Gasteiger partial charge in [-0.1, -0.05) is 25.1 Å². The van der Waals surface area contributed by atoms with Crippen LogP contribution in [0.5, 0.6) is 0 Å². The lowest BCUT2D eigenvalue weighted by Crippen LogP contribution is -2.24. The van der Waals surface area contributed by atoms with Crippen molar-refractivity contribution in [2.75, 3.05) is 16.8 Å². The zero-order chi connectivity index (χ0) is 19.4. The standard InChI is InChI=1S/C21H22N2O4/c1-14(21(26)27)12-15-7-9-17(10-8-15)22-20(25)16-4-2-5-18(13-16)23-11-3-6-19(23)24/h2,4-5,7-10,13-14H,3,6,11-12H2,1H3,(H,22,25)(H,26,27). The van der Waals surface area contributed by atoms with Crippen LogP contribution in [-0.4, -0.2) is 29.4 Å². The summed E-state index contributed by atoms with van der Waals surface area (Å²) < 4.78 is 0. The second-order valence-corrected chi connectivity index (χ2v) is 6.79. The Kier molecular flexibility index (Phi) is 5.54. The Morgan fingerprint density at radius 1 is 1.19 bits per heavy atom. The van der Waals surface area contributed by atoms with Gasteiger partial charge in [-0.15, -0.1) is 0 Å². The Labute approximate surface area is 157 Å². The van der Waals surface area contributed by atoms with Crippen molar-refractivity contribution in [3.05, 3.63) is 59.7 Å². The Hall–Kier alpha value is -3.15. The van der Waals surface area contributed by atoms with Crippen molar-refractivity contribution in [1.29, 1.82) is 0 Å². The molecule has 6 nitrogen and oxygen atoms in total. The molecule has 2 aromatic carbocycles. The third-order valence-corrected chi connectivity index (χ3v) is 4.67. The molecule has 1 heterocycles. The molecule has 1 aliphatic rings. The van der Waals surface area contributed by atoms with Gasteiger partial charge in [0.25, 0.3) is 5.91 Å². The molecule has 27 heavy (non-hydrogen) atoms. The number of carboxylic acids is 1. The SMILES string of the molecule is CC(Cc1ccc(NC(=O)c2cccc(N3CCCC3=O)c2)cc1)C(=O)O. The molecule has 0 radical (unpaired) electrons. The molecule has 6 heteroatoms. The highest BCUT2D eigenvalue weighted by atomic mass is 16.4. The van der Waals surface area contributed by atoms with Crippen LogP contribution < -0.4 is 10.2 Å². The van der Waals surface area contributed by atoms with Gasteiger partial charge in [0.1, 0.15) is 0 Å². The van der Waals surface area contributed by atoms with E-state index in [-0.39, 0.29) is 11.8 Å². The van der Waals surface area contributed by atoms with Gasteiger partial charge in [0.2, 0.25) is 5.91 Å². The first-order valence-electron chi connectivity index (χ1n) is 8.97. The van der Waals surface area contributed by atoms with Crippen molar-refractivity contribution < 1.29 is 19.5 Å². The molecule has 2 aromatic rings. The van der Waals surface area contributed by atoms with E-state index < -0.39 is 11.9 Å². The molecule has 140 valence electrons. The van der Waals surface area contributed by atoms with Gasteiger partial charge in [-0.05, 0) is 48.7 Å². The number of anilines is 2. The lowest BCUT2D eigenvalue weighted by atomic mass is 10.0. The minimum absolute atomic E-state index is 0.0822. The average molecular weight is 366 g/mol. The van der Waals surface area contributed by atoms with Gasteiger partial charge in [-0.2, -0.15) is 0 Å². The van der Waals surface area contributed by atoms with Crippen molar-refractivity contribution in [3.8, 4) is 0 Å². The Morgan fingerprint density at radius 2 is 1.93 bits per heavy atom. The van der Waals surface area contributed by atoms with Gasteiger partial charge in [-0.25, -0.2) is 0 Å². The highest BCUT2D eigenvalue weighted by molar-refractivity contribution is 6.05. The van der Waals surface area contributed by atoms with Gasteiger partial charge < -0.3 is 15.3 Å². The number of hydrogen-bond donors (Lipinski definition) is 2. The van der Waals surface area contributed by atoms with Crippen LogP contribution >= 0.6 is 0 Å². The average Bonchev–Trinajstić information content (AvgIpc) is 3.09. The van der Waals surface area contributed by atoms with Crippen LogP contribution in [0.15, 0.2) is 48.5 Å². The van der Waals surface area contributed by atoms with E-state index in [0.717, 1.165) is 17.7 Å². The van der Waals surface area contributed by atoms with E-state index in [1.165, 1.54) is 0 Å². The zero-order valence-corrected chi connectivity index (χ0v) is 15.1.